The molecule has 1 atom stereocenters. The smallest absolute Gasteiger partial charge is 0.262 e. The van der Waals surface area contributed by atoms with Crippen molar-refractivity contribution in [2.24, 2.45) is 5.92 Å². The van der Waals surface area contributed by atoms with Gasteiger partial charge in [-0.1, -0.05) is 35.9 Å². The van der Waals surface area contributed by atoms with Gasteiger partial charge < -0.3 is 4.90 Å². The molecule has 0 amide bonds. The molecular weight excluding hydrogens is 401 g/mol. The summed E-state index contributed by atoms with van der Waals surface area (Å²) in [7, 11) is 0. The Bertz CT molecular complexity index is 1090. The van der Waals surface area contributed by atoms with Crippen molar-refractivity contribution < 1.29 is 4.39 Å². The Morgan fingerprint density at radius 3 is 2.67 bits per heavy atom. The van der Waals surface area contributed by atoms with E-state index in [0.29, 0.717) is 34.4 Å². The van der Waals surface area contributed by atoms with E-state index in [4.69, 9.17) is 11.6 Å². The molecular formula is C24H27ClFN3O. The molecule has 0 spiro atoms. The summed E-state index contributed by atoms with van der Waals surface area (Å²) in [5.74, 6) is 0.522. The van der Waals surface area contributed by atoms with E-state index in [0.717, 1.165) is 37.1 Å². The molecule has 1 aliphatic rings. The highest BCUT2D eigenvalue weighted by Crippen LogP contribution is 2.28. The molecule has 1 aromatic heterocycles. The molecule has 0 saturated carbocycles. The van der Waals surface area contributed by atoms with Crippen molar-refractivity contribution in [1.29, 1.82) is 0 Å². The van der Waals surface area contributed by atoms with Crippen LogP contribution in [0.4, 0.5) is 4.39 Å². The Morgan fingerprint density at radius 1 is 1.20 bits per heavy atom. The van der Waals surface area contributed by atoms with Crippen LogP contribution in [0.2, 0.25) is 5.02 Å². The second-order valence-corrected chi connectivity index (χ2v) is 8.82. The van der Waals surface area contributed by atoms with Gasteiger partial charge in [-0.05, 0) is 68.5 Å². The fourth-order valence-corrected chi connectivity index (χ4v) is 4.57. The van der Waals surface area contributed by atoms with Crippen molar-refractivity contribution in [1.82, 2.24) is 14.5 Å². The normalized spacial score (nSPS) is 17.7. The lowest BCUT2D eigenvalue weighted by molar-refractivity contribution is 0.129. The Labute approximate surface area is 181 Å². The average Bonchev–Trinajstić information content (AvgIpc) is 2.76. The van der Waals surface area contributed by atoms with Gasteiger partial charge in [-0.25, -0.2) is 9.37 Å². The third-order valence-corrected chi connectivity index (χ3v) is 6.31. The van der Waals surface area contributed by atoms with Gasteiger partial charge in [0.2, 0.25) is 0 Å². The highest BCUT2D eigenvalue weighted by Gasteiger charge is 2.24. The van der Waals surface area contributed by atoms with Crippen molar-refractivity contribution >= 4 is 22.5 Å². The van der Waals surface area contributed by atoms with Crippen molar-refractivity contribution in [2.75, 3.05) is 13.1 Å². The summed E-state index contributed by atoms with van der Waals surface area (Å²) in [6.45, 7) is 6.13. The minimum Gasteiger partial charge on any atom is -0.301 e. The van der Waals surface area contributed by atoms with Gasteiger partial charge >= 0.3 is 0 Å². The molecule has 0 N–H and O–H groups in total. The Kier molecular flexibility index (Phi) is 6.21. The topological polar surface area (TPSA) is 38.1 Å². The van der Waals surface area contributed by atoms with Crippen LogP contribution >= 0.6 is 11.6 Å². The molecule has 2 aromatic carbocycles. The van der Waals surface area contributed by atoms with Crippen LogP contribution in [0.1, 0.15) is 32.5 Å². The summed E-state index contributed by atoms with van der Waals surface area (Å²) in [4.78, 5) is 20.5. The number of fused-ring (bicyclic) bond motifs is 1. The van der Waals surface area contributed by atoms with Crippen LogP contribution in [-0.4, -0.2) is 33.6 Å². The summed E-state index contributed by atoms with van der Waals surface area (Å²) >= 11 is 6.03. The molecule has 6 heteroatoms. The SMILES string of the molecule is CC(C)N1CCC[C@H](Cn2c(CF)nc3cccc(-c4ccc(Cl)cc4)c3c2=O)C1. The number of alkyl halides is 1. The molecule has 0 bridgehead atoms. The fourth-order valence-electron chi connectivity index (χ4n) is 4.44. The van der Waals surface area contributed by atoms with E-state index in [1.165, 1.54) is 0 Å². The van der Waals surface area contributed by atoms with E-state index in [2.05, 4.69) is 23.7 Å². The van der Waals surface area contributed by atoms with Gasteiger partial charge in [0.1, 0.15) is 12.5 Å². The van der Waals surface area contributed by atoms with Crippen LogP contribution in [0.15, 0.2) is 47.3 Å². The summed E-state index contributed by atoms with van der Waals surface area (Å²) in [5, 5.41) is 1.18. The Hall–Kier alpha value is -2.24. The van der Waals surface area contributed by atoms with E-state index in [9.17, 15) is 9.18 Å². The van der Waals surface area contributed by atoms with Crippen LogP contribution < -0.4 is 5.56 Å². The predicted octanol–water partition coefficient (Wildman–Crippen LogP) is 5.31. The van der Waals surface area contributed by atoms with E-state index in [1.807, 2.05) is 24.3 Å². The highest BCUT2D eigenvalue weighted by atomic mass is 35.5. The van der Waals surface area contributed by atoms with Gasteiger partial charge in [-0.3, -0.25) is 9.36 Å². The molecule has 0 aliphatic carbocycles. The van der Waals surface area contributed by atoms with Gasteiger partial charge in [-0.2, -0.15) is 0 Å². The monoisotopic (exact) mass is 427 g/mol. The maximum absolute atomic E-state index is 13.9. The summed E-state index contributed by atoms with van der Waals surface area (Å²) in [6.07, 6.45) is 2.14. The number of aromatic nitrogens is 2. The molecule has 2 heterocycles. The van der Waals surface area contributed by atoms with E-state index >= 15 is 0 Å². The zero-order chi connectivity index (χ0) is 21.3. The van der Waals surface area contributed by atoms with E-state index in [1.54, 1.807) is 22.8 Å². The summed E-state index contributed by atoms with van der Waals surface area (Å²) in [6, 6.07) is 13.4. The molecule has 1 saturated heterocycles. The first kappa shape index (κ1) is 21.0. The first-order valence-corrected chi connectivity index (χ1v) is 10.9. The maximum Gasteiger partial charge on any atom is 0.262 e. The van der Waals surface area contributed by atoms with Crippen molar-refractivity contribution in [3.05, 3.63) is 63.7 Å². The number of halogens is 2. The van der Waals surface area contributed by atoms with Crippen LogP contribution in [0, 0.1) is 5.92 Å². The maximum atomic E-state index is 13.9. The van der Waals surface area contributed by atoms with Crippen molar-refractivity contribution in [3.8, 4) is 11.1 Å². The second kappa shape index (κ2) is 8.86. The number of hydrogen-bond donors (Lipinski definition) is 0. The van der Waals surface area contributed by atoms with Crippen LogP contribution in [-0.2, 0) is 13.2 Å². The quantitative estimate of drug-likeness (QED) is 0.554. The van der Waals surface area contributed by atoms with Crippen LogP contribution in [0.3, 0.4) is 0 Å². The number of nitrogens with zero attached hydrogens (tertiary/aromatic N) is 3. The molecule has 3 aromatic rings. The minimum absolute atomic E-state index is 0.167. The first-order valence-electron chi connectivity index (χ1n) is 10.6. The molecule has 4 rings (SSSR count). The minimum atomic E-state index is -0.753. The van der Waals surface area contributed by atoms with Gasteiger partial charge in [0.25, 0.3) is 5.56 Å². The largest absolute Gasteiger partial charge is 0.301 e. The number of piperidine rings is 1. The van der Waals surface area contributed by atoms with Gasteiger partial charge in [0.05, 0.1) is 10.9 Å². The number of rotatable bonds is 5. The Balaban J connectivity index is 1.79. The second-order valence-electron chi connectivity index (χ2n) is 8.38. The van der Waals surface area contributed by atoms with Gasteiger partial charge in [-0.15, -0.1) is 0 Å². The Morgan fingerprint density at radius 2 is 1.97 bits per heavy atom. The van der Waals surface area contributed by atoms with Crippen molar-refractivity contribution in [2.45, 2.75) is 46.0 Å². The lowest BCUT2D eigenvalue weighted by Gasteiger charge is -2.35. The predicted molar refractivity (Wildman–Crippen MR) is 121 cm³/mol. The van der Waals surface area contributed by atoms with Gasteiger partial charge in [0.15, 0.2) is 0 Å². The van der Waals surface area contributed by atoms with Crippen LogP contribution in [0.5, 0.6) is 0 Å². The van der Waals surface area contributed by atoms with E-state index in [-0.39, 0.29) is 11.4 Å². The number of benzene rings is 2. The third-order valence-electron chi connectivity index (χ3n) is 6.06. The summed E-state index contributed by atoms with van der Waals surface area (Å²) in [5.41, 5.74) is 2.06. The summed E-state index contributed by atoms with van der Waals surface area (Å²) < 4.78 is 15.4. The molecule has 4 nitrogen and oxygen atoms in total. The highest BCUT2D eigenvalue weighted by molar-refractivity contribution is 6.30. The van der Waals surface area contributed by atoms with Crippen LogP contribution in [0.25, 0.3) is 22.0 Å². The number of likely N-dealkylation sites (tertiary alicyclic amines) is 1. The molecule has 1 aliphatic heterocycles. The lowest BCUT2D eigenvalue weighted by atomic mass is 9.96. The van der Waals surface area contributed by atoms with Crippen molar-refractivity contribution in [3.63, 3.8) is 0 Å². The molecule has 0 unspecified atom stereocenters. The third kappa shape index (κ3) is 4.14. The average molecular weight is 428 g/mol. The first-order chi connectivity index (χ1) is 14.5. The molecule has 30 heavy (non-hydrogen) atoms. The zero-order valence-corrected chi connectivity index (χ0v) is 18.2. The fraction of sp³-hybridized carbons (Fsp3) is 0.417. The standard InChI is InChI=1S/C24H27ClFN3O/c1-16(2)28-12-4-5-17(14-28)15-29-22(13-26)27-21-7-3-6-20(23(21)24(29)30)18-8-10-19(25)11-9-18/h3,6-11,16-17H,4-5,12-15H2,1-2H3/t17-/m0/s1. The van der Waals surface area contributed by atoms with E-state index < -0.39 is 6.67 Å². The molecule has 0 radical (unpaired) electrons. The number of hydrogen-bond acceptors (Lipinski definition) is 3. The lowest BCUT2D eigenvalue weighted by Crippen LogP contribution is -2.42. The zero-order valence-electron chi connectivity index (χ0n) is 17.4. The van der Waals surface area contributed by atoms with Gasteiger partial charge in [0, 0.05) is 24.2 Å². The molecule has 1 fully saturated rings. The molecule has 158 valence electrons.